The Morgan fingerprint density at radius 1 is 1.44 bits per heavy atom. The Kier molecular flexibility index (Phi) is 3.09. The molecule has 2 rings (SSSR count). The van der Waals surface area contributed by atoms with E-state index in [1.807, 2.05) is 18.2 Å². The van der Waals surface area contributed by atoms with Crippen LogP contribution >= 0.6 is 22.6 Å². The first-order chi connectivity index (χ1) is 7.68. The topological polar surface area (TPSA) is 83.8 Å². The zero-order valence-electron chi connectivity index (χ0n) is 8.20. The molecule has 1 heterocycles. The van der Waals surface area contributed by atoms with Gasteiger partial charge in [0.1, 0.15) is 0 Å². The van der Waals surface area contributed by atoms with Gasteiger partial charge in [-0.05, 0) is 34.7 Å². The van der Waals surface area contributed by atoms with E-state index in [0.717, 1.165) is 3.57 Å². The highest BCUT2D eigenvalue weighted by Crippen LogP contribution is 2.16. The van der Waals surface area contributed by atoms with Crippen LogP contribution in [0.4, 0.5) is 11.5 Å². The number of halogens is 1. The van der Waals surface area contributed by atoms with Gasteiger partial charge in [-0.25, -0.2) is 0 Å². The van der Waals surface area contributed by atoms with Gasteiger partial charge in [0.2, 0.25) is 0 Å². The summed E-state index contributed by atoms with van der Waals surface area (Å²) in [6, 6.07) is 7.31. The summed E-state index contributed by atoms with van der Waals surface area (Å²) in [7, 11) is 0. The fourth-order valence-corrected chi connectivity index (χ4v) is 1.85. The van der Waals surface area contributed by atoms with Crippen molar-refractivity contribution < 1.29 is 4.79 Å². The van der Waals surface area contributed by atoms with E-state index in [4.69, 9.17) is 5.73 Å². The van der Waals surface area contributed by atoms with Gasteiger partial charge in [-0.2, -0.15) is 5.10 Å². The van der Waals surface area contributed by atoms with Crippen LogP contribution in [0.15, 0.2) is 30.5 Å². The molecule has 0 saturated heterocycles. The van der Waals surface area contributed by atoms with Crippen LogP contribution in [0.2, 0.25) is 0 Å². The monoisotopic (exact) mass is 328 g/mol. The minimum absolute atomic E-state index is 0.207. The molecule has 4 N–H and O–H groups in total. The van der Waals surface area contributed by atoms with E-state index in [1.54, 1.807) is 6.07 Å². The quantitative estimate of drug-likeness (QED) is 0.736. The summed E-state index contributed by atoms with van der Waals surface area (Å²) < 4.78 is 0.885. The van der Waals surface area contributed by atoms with Crippen molar-refractivity contribution in [1.29, 1.82) is 0 Å². The normalized spacial score (nSPS) is 10.1. The lowest BCUT2D eigenvalue weighted by Gasteiger charge is -2.05. The van der Waals surface area contributed by atoms with Gasteiger partial charge in [0.05, 0.1) is 17.4 Å². The van der Waals surface area contributed by atoms with Crippen molar-refractivity contribution in [3.05, 3.63) is 39.6 Å². The number of hydrogen-bond acceptors (Lipinski definition) is 3. The van der Waals surface area contributed by atoms with Gasteiger partial charge in [0.15, 0.2) is 5.82 Å². The van der Waals surface area contributed by atoms with Crippen LogP contribution in [-0.2, 0) is 0 Å². The third-order valence-electron chi connectivity index (χ3n) is 2.03. The number of nitrogens with one attached hydrogen (secondary N) is 2. The summed E-state index contributed by atoms with van der Waals surface area (Å²) in [5, 5.41) is 9.00. The van der Waals surface area contributed by atoms with Crippen LogP contribution < -0.4 is 11.1 Å². The van der Waals surface area contributed by atoms with Crippen molar-refractivity contribution in [2.24, 2.45) is 0 Å². The Bertz CT molecular complexity index is 523. The molecule has 1 aromatic heterocycles. The van der Waals surface area contributed by atoms with E-state index in [-0.39, 0.29) is 5.91 Å². The number of benzene rings is 1. The number of carbonyl (C=O) groups is 1. The number of nitrogen functional groups attached to an aromatic ring is 1. The molecule has 6 heteroatoms. The fourth-order valence-electron chi connectivity index (χ4n) is 1.22. The lowest BCUT2D eigenvalue weighted by molar-refractivity contribution is 0.102. The number of aromatic nitrogens is 2. The zero-order valence-corrected chi connectivity index (χ0v) is 10.4. The van der Waals surface area contributed by atoms with Gasteiger partial charge >= 0.3 is 0 Å². The maximum absolute atomic E-state index is 11.9. The number of carbonyl (C=O) groups excluding carboxylic acids is 1. The van der Waals surface area contributed by atoms with Crippen LogP contribution in [0.3, 0.4) is 0 Å². The molecular weight excluding hydrogens is 319 g/mol. The summed E-state index contributed by atoms with van der Waals surface area (Å²) >= 11 is 2.11. The molecule has 0 aliphatic carbocycles. The average molecular weight is 328 g/mol. The maximum atomic E-state index is 11.9. The number of aromatic amines is 1. The second-order valence-corrected chi connectivity index (χ2v) is 4.30. The molecule has 0 unspecified atom stereocenters. The van der Waals surface area contributed by atoms with E-state index in [2.05, 4.69) is 38.1 Å². The van der Waals surface area contributed by atoms with Gasteiger partial charge < -0.3 is 11.1 Å². The van der Waals surface area contributed by atoms with Gasteiger partial charge in [-0.15, -0.1) is 0 Å². The number of nitrogens with two attached hydrogens (primary N) is 1. The molecule has 1 amide bonds. The molecule has 0 aliphatic rings. The largest absolute Gasteiger partial charge is 0.394 e. The van der Waals surface area contributed by atoms with Gasteiger partial charge in [-0.1, -0.05) is 12.1 Å². The number of amides is 1. The van der Waals surface area contributed by atoms with Crippen molar-refractivity contribution in [3.8, 4) is 0 Å². The van der Waals surface area contributed by atoms with Crippen molar-refractivity contribution in [1.82, 2.24) is 10.2 Å². The Morgan fingerprint density at radius 2 is 2.19 bits per heavy atom. The Morgan fingerprint density at radius 3 is 2.81 bits per heavy atom. The third-order valence-corrected chi connectivity index (χ3v) is 2.97. The van der Waals surface area contributed by atoms with E-state index >= 15 is 0 Å². The highest BCUT2D eigenvalue weighted by molar-refractivity contribution is 14.1. The first-order valence-corrected chi connectivity index (χ1v) is 5.61. The molecular formula is C10H9IN4O. The number of H-pyrrole nitrogens is 1. The van der Waals surface area contributed by atoms with Crippen LogP contribution in [-0.4, -0.2) is 16.1 Å². The van der Waals surface area contributed by atoms with Crippen LogP contribution in [0.1, 0.15) is 10.4 Å². The predicted octanol–water partition coefficient (Wildman–Crippen LogP) is 1.85. The molecule has 0 fully saturated rings. The van der Waals surface area contributed by atoms with Crippen LogP contribution in [0, 0.1) is 3.57 Å². The van der Waals surface area contributed by atoms with E-state index in [1.165, 1.54) is 6.20 Å². The van der Waals surface area contributed by atoms with Gasteiger partial charge in [0, 0.05) is 3.57 Å². The number of nitrogens with zero attached hydrogens (tertiary/aromatic N) is 1. The standard InChI is InChI=1S/C10H9IN4O/c11-7-4-2-1-3-6(7)10(16)14-9-8(12)5-13-15-9/h1-5H,12H2,(H2,13,14,15,16). The maximum Gasteiger partial charge on any atom is 0.257 e. The van der Waals surface area contributed by atoms with Gasteiger partial charge in [0.25, 0.3) is 5.91 Å². The SMILES string of the molecule is Nc1cn[nH]c1NC(=O)c1ccccc1I. The number of anilines is 2. The predicted molar refractivity (Wildman–Crippen MR) is 70.1 cm³/mol. The molecule has 0 spiro atoms. The van der Waals surface area contributed by atoms with E-state index in [9.17, 15) is 4.79 Å². The van der Waals surface area contributed by atoms with Crippen molar-refractivity contribution in [2.45, 2.75) is 0 Å². The summed E-state index contributed by atoms with van der Waals surface area (Å²) in [6.07, 6.45) is 1.45. The molecule has 0 atom stereocenters. The zero-order chi connectivity index (χ0) is 11.5. The molecule has 1 aromatic carbocycles. The molecule has 0 aliphatic heterocycles. The summed E-state index contributed by atoms with van der Waals surface area (Å²) in [6.45, 7) is 0. The molecule has 0 bridgehead atoms. The minimum atomic E-state index is -0.207. The minimum Gasteiger partial charge on any atom is -0.394 e. The lowest BCUT2D eigenvalue weighted by Crippen LogP contribution is -2.14. The first kappa shape index (κ1) is 10.9. The number of hydrogen-bond donors (Lipinski definition) is 3. The Labute approximate surface area is 106 Å². The van der Waals surface area contributed by atoms with Crippen LogP contribution in [0.25, 0.3) is 0 Å². The van der Waals surface area contributed by atoms with Gasteiger partial charge in [-0.3, -0.25) is 9.89 Å². The molecule has 0 saturated carbocycles. The van der Waals surface area contributed by atoms with Crippen LogP contribution in [0.5, 0.6) is 0 Å². The van der Waals surface area contributed by atoms with Crippen molar-refractivity contribution in [2.75, 3.05) is 11.1 Å². The highest BCUT2D eigenvalue weighted by Gasteiger charge is 2.11. The van der Waals surface area contributed by atoms with Crippen molar-refractivity contribution in [3.63, 3.8) is 0 Å². The summed E-state index contributed by atoms with van der Waals surface area (Å²) in [5.74, 6) is 0.214. The molecule has 82 valence electrons. The first-order valence-electron chi connectivity index (χ1n) is 4.53. The lowest BCUT2D eigenvalue weighted by atomic mass is 10.2. The molecule has 0 radical (unpaired) electrons. The Balaban J connectivity index is 2.22. The molecule has 5 nitrogen and oxygen atoms in total. The third kappa shape index (κ3) is 2.16. The molecule has 16 heavy (non-hydrogen) atoms. The van der Waals surface area contributed by atoms with E-state index < -0.39 is 0 Å². The second-order valence-electron chi connectivity index (χ2n) is 3.13. The smallest absolute Gasteiger partial charge is 0.257 e. The van der Waals surface area contributed by atoms with E-state index in [0.29, 0.717) is 17.1 Å². The average Bonchev–Trinajstić information content (AvgIpc) is 2.65. The summed E-state index contributed by atoms with van der Waals surface area (Å²) in [5.41, 5.74) is 6.62. The number of rotatable bonds is 2. The second kappa shape index (κ2) is 4.52. The Hall–Kier alpha value is -1.57. The highest BCUT2D eigenvalue weighted by atomic mass is 127. The summed E-state index contributed by atoms with van der Waals surface area (Å²) in [4.78, 5) is 11.9. The fraction of sp³-hybridized carbons (Fsp3) is 0. The molecule has 2 aromatic rings. The van der Waals surface area contributed by atoms with Crippen molar-refractivity contribution >= 4 is 40.0 Å².